The van der Waals surface area contributed by atoms with Gasteiger partial charge in [-0.25, -0.2) is 0 Å². The Morgan fingerprint density at radius 3 is 2.35 bits per heavy atom. The van der Waals surface area contributed by atoms with E-state index in [4.69, 9.17) is 4.74 Å². The Balaban J connectivity index is 3.29. The molecule has 20 heavy (non-hydrogen) atoms. The van der Waals surface area contributed by atoms with Crippen LogP contribution in [0.2, 0.25) is 0 Å². The quantitative estimate of drug-likeness (QED) is 0.866. The summed E-state index contributed by atoms with van der Waals surface area (Å²) in [5, 5.41) is 9.33. The highest BCUT2D eigenvalue weighted by molar-refractivity contribution is 5.41. The number of benzene rings is 1. The van der Waals surface area contributed by atoms with Crippen molar-refractivity contribution in [1.82, 2.24) is 4.90 Å². The standard InChI is InChI=1S/C17H29NO2/c1-7-20-16-9-8-13(17(2,3)4)12-14(16)15(10-11-19)18(5)6/h8-9,12,15,19H,7,10-11H2,1-6H3. The van der Waals surface area contributed by atoms with Crippen LogP contribution in [0.15, 0.2) is 18.2 Å². The minimum atomic E-state index is 0.107. The van der Waals surface area contributed by atoms with E-state index in [0.717, 1.165) is 5.75 Å². The lowest BCUT2D eigenvalue weighted by molar-refractivity contribution is 0.206. The molecule has 0 aliphatic rings. The van der Waals surface area contributed by atoms with Gasteiger partial charge in [-0.15, -0.1) is 0 Å². The average Bonchev–Trinajstić information content (AvgIpc) is 2.35. The molecule has 114 valence electrons. The number of aliphatic hydroxyl groups excluding tert-OH is 1. The van der Waals surface area contributed by atoms with Gasteiger partial charge in [0.2, 0.25) is 0 Å². The minimum Gasteiger partial charge on any atom is -0.494 e. The van der Waals surface area contributed by atoms with Crippen LogP contribution in [0, 0.1) is 0 Å². The second kappa shape index (κ2) is 7.09. The lowest BCUT2D eigenvalue weighted by Gasteiger charge is -2.28. The summed E-state index contributed by atoms with van der Waals surface area (Å²) in [7, 11) is 4.08. The molecule has 0 heterocycles. The zero-order chi connectivity index (χ0) is 15.3. The van der Waals surface area contributed by atoms with Crippen molar-refractivity contribution < 1.29 is 9.84 Å². The first-order valence-corrected chi connectivity index (χ1v) is 7.35. The predicted molar refractivity (Wildman–Crippen MR) is 84.4 cm³/mol. The molecule has 0 amide bonds. The molecule has 0 aliphatic carbocycles. The molecule has 0 saturated heterocycles. The Kier molecular flexibility index (Phi) is 6.03. The zero-order valence-corrected chi connectivity index (χ0v) is 13.7. The molecule has 3 heteroatoms. The van der Waals surface area contributed by atoms with Crippen LogP contribution in [-0.4, -0.2) is 37.3 Å². The van der Waals surface area contributed by atoms with Gasteiger partial charge in [0, 0.05) is 18.2 Å². The van der Waals surface area contributed by atoms with Crippen LogP contribution in [0.4, 0.5) is 0 Å². The maximum atomic E-state index is 9.33. The molecular formula is C17H29NO2. The fourth-order valence-corrected chi connectivity index (χ4v) is 2.38. The summed E-state index contributed by atoms with van der Waals surface area (Å²) in [6.45, 7) is 9.46. The smallest absolute Gasteiger partial charge is 0.124 e. The molecule has 1 rings (SSSR count). The Hall–Kier alpha value is -1.06. The van der Waals surface area contributed by atoms with Crippen LogP contribution >= 0.6 is 0 Å². The van der Waals surface area contributed by atoms with Crippen molar-refractivity contribution in [1.29, 1.82) is 0 Å². The van der Waals surface area contributed by atoms with Gasteiger partial charge in [-0.05, 0) is 50.6 Å². The number of nitrogens with zero attached hydrogens (tertiary/aromatic N) is 1. The molecule has 1 aromatic rings. The Morgan fingerprint density at radius 1 is 1.25 bits per heavy atom. The second-order valence-electron chi connectivity index (χ2n) is 6.43. The van der Waals surface area contributed by atoms with E-state index in [1.807, 2.05) is 21.0 Å². The molecule has 1 aromatic carbocycles. The number of hydrogen-bond acceptors (Lipinski definition) is 3. The second-order valence-corrected chi connectivity index (χ2v) is 6.43. The van der Waals surface area contributed by atoms with E-state index in [9.17, 15) is 5.11 Å². The third kappa shape index (κ3) is 4.22. The number of rotatable bonds is 6. The molecule has 0 bridgehead atoms. The van der Waals surface area contributed by atoms with Gasteiger partial charge < -0.3 is 14.7 Å². The van der Waals surface area contributed by atoms with Gasteiger partial charge >= 0.3 is 0 Å². The molecule has 1 unspecified atom stereocenters. The van der Waals surface area contributed by atoms with Gasteiger partial charge in [-0.3, -0.25) is 0 Å². The molecule has 3 nitrogen and oxygen atoms in total. The monoisotopic (exact) mass is 279 g/mol. The summed E-state index contributed by atoms with van der Waals surface area (Å²) < 4.78 is 5.77. The van der Waals surface area contributed by atoms with Gasteiger partial charge in [0.25, 0.3) is 0 Å². The van der Waals surface area contributed by atoms with Gasteiger partial charge in [0.15, 0.2) is 0 Å². The Bertz CT molecular complexity index is 421. The summed E-state index contributed by atoms with van der Waals surface area (Å²) in [5.41, 5.74) is 2.56. The lowest BCUT2D eigenvalue weighted by atomic mass is 9.84. The predicted octanol–water partition coefficient (Wildman–Crippen LogP) is 3.37. The first kappa shape index (κ1) is 17.0. The van der Waals surface area contributed by atoms with Crippen LogP contribution in [0.3, 0.4) is 0 Å². The van der Waals surface area contributed by atoms with Gasteiger partial charge in [-0.2, -0.15) is 0 Å². The molecule has 0 spiro atoms. The van der Waals surface area contributed by atoms with Crippen molar-refractivity contribution in [3.8, 4) is 5.75 Å². The van der Waals surface area contributed by atoms with Crippen molar-refractivity contribution in [3.63, 3.8) is 0 Å². The van der Waals surface area contributed by atoms with Crippen molar-refractivity contribution >= 4 is 0 Å². The van der Waals surface area contributed by atoms with Crippen molar-refractivity contribution in [3.05, 3.63) is 29.3 Å². The van der Waals surface area contributed by atoms with Gasteiger partial charge in [-0.1, -0.05) is 26.8 Å². The minimum absolute atomic E-state index is 0.107. The lowest BCUT2D eigenvalue weighted by Crippen LogP contribution is -2.23. The van der Waals surface area contributed by atoms with Crippen LogP contribution in [0.1, 0.15) is 51.3 Å². The fraction of sp³-hybridized carbons (Fsp3) is 0.647. The molecule has 0 aliphatic heterocycles. The summed E-state index contributed by atoms with van der Waals surface area (Å²) in [4.78, 5) is 2.14. The SMILES string of the molecule is CCOc1ccc(C(C)(C)C)cc1C(CCO)N(C)C. The van der Waals surface area contributed by atoms with Crippen molar-refractivity contribution in [2.75, 3.05) is 27.3 Å². The van der Waals surface area contributed by atoms with Crippen molar-refractivity contribution in [2.24, 2.45) is 0 Å². The highest BCUT2D eigenvalue weighted by atomic mass is 16.5. The Morgan fingerprint density at radius 2 is 1.90 bits per heavy atom. The van der Waals surface area contributed by atoms with Gasteiger partial charge in [0.05, 0.1) is 6.61 Å². The normalized spacial score (nSPS) is 13.6. The number of hydrogen-bond donors (Lipinski definition) is 1. The first-order valence-electron chi connectivity index (χ1n) is 7.35. The summed E-state index contributed by atoms with van der Waals surface area (Å²) in [6, 6.07) is 6.60. The van der Waals surface area contributed by atoms with E-state index >= 15 is 0 Å². The topological polar surface area (TPSA) is 32.7 Å². The summed E-state index contributed by atoms with van der Waals surface area (Å²) in [6.07, 6.45) is 0.709. The van der Waals surface area contributed by atoms with E-state index in [-0.39, 0.29) is 18.1 Å². The van der Waals surface area contributed by atoms with E-state index < -0.39 is 0 Å². The van der Waals surface area contributed by atoms with E-state index in [2.05, 4.69) is 43.9 Å². The highest BCUT2D eigenvalue weighted by Gasteiger charge is 2.22. The summed E-state index contributed by atoms with van der Waals surface area (Å²) >= 11 is 0. The zero-order valence-electron chi connectivity index (χ0n) is 13.7. The van der Waals surface area contributed by atoms with E-state index in [1.165, 1.54) is 11.1 Å². The largest absolute Gasteiger partial charge is 0.494 e. The van der Waals surface area contributed by atoms with Gasteiger partial charge in [0.1, 0.15) is 5.75 Å². The average molecular weight is 279 g/mol. The molecule has 0 radical (unpaired) electrons. The maximum Gasteiger partial charge on any atom is 0.124 e. The van der Waals surface area contributed by atoms with Crippen LogP contribution in [0.5, 0.6) is 5.75 Å². The third-order valence-electron chi connectivity index (χ3n) is 3.56. The molecule has 1 N–H and O–H groups in total. The Labute approximate surface area is 123 Å². The molecule has 0 aromatic heterocycles. The molecule has 1 atom stereocenters. The number of ether oxygens (including phenoxy) is 1. The highest BCUT2D eigenvalue weighted by Crippen LogP contribution is 2.34. The first-order chi connectivity index (χ1) is 9.31. The third-order valence-corrected chi connectivity index (χ3v) is 3.56. The number of aliphatic hydroxyl groups is 1. The fourth-order valence-electron chi connectivity index (χ4n) is 2.38. The maximum absolute atomic E-state index is 9.33. The molecule has 0 fully saturated rings. The van der Waals surface area contributed by atoms with Crippen molar-refractivity contribution in [2.45, 2.75) is 45.6 Å². The van der Waals surface area contributed by atoms with E-state index in [0.29, 0.717) is 13.0 Å². The molecule has 0 saturated carbocycles. The molecular weight excluding hydrogens is 250 g/mol. The summed E-state index contributed by atoms with van der Waals surface area (Å²) in [5.74, 6) is 0.924. The van der Waals surface area contributed by atoms with Crippen LogP contribution in [0.25, 0.3) is 0 Å². The van der Waals surface area contributed by atoms with Crippen LogP contribution in [-0.2, 0) is 5.41 Å². The van der Waals surface area contributed by atoms with Crippen LogP contribution < -0.4 is 4.74 Å². The van der Waals surface area contributed by atoms with E-state index in [1.54, 1.807) is 0 Å².